The number of benzene rings is 1. The van der Waals surface area contributed by atoms with Gasteiger partial charge >= 0.3 is 5.69 Å². The number of nitrogens with one attached hydrogen (secondary N) is 1. The van der Waals surface area contributed by atoms with E-state index in [2.05, 4.69) is 31.2 Å². The summed E-state index contributed by atoms with van der Waals surface area (Å²) in [6.45, 7) is -0.371. The van der Waals surface area contributed by atoms with Gasteiger partial charge in [0, 0.05) is 17.1 Å². The summed E-state index contributed by atoms with van der Waals surface area (Å²) in [6, 6.07) is 7.36. The highest BCUT2D eigenvalue weighted by Gasteiger charge is 2.35. The lowest BCUT2D eigenvalue weighted by Crippen LogP contribution is -2.33. The topological polar surface area (TPSA) is 135 Å². The Morgan fingerprint density at radius 1 is 1.25 bits per heavy atom. The molecule has 3 aromatic rings. The van der Waals surface area contributed by atoms with Crippen molar-refractivity contribution in [3.63, 3.8) is 0 Å². The summed E-state index contributed by atoms with van der Waals surface area (Å²) in [4.78, 5) is 26.7. The van der Waals surface area contributed by atoms with Crippen molar-refractivity contribution < 1.29 is 14.9 Å². The van der Waals surface area contributed by atoms with Crippen LogP contribution in [-0.2, 0) is 4.74 Å². The van der Waals surface area contributed by atoms with Gasteiger partial charge in [-0.25, -0.2) is 9.48 Å². The predicted octanol–water partition coefficient (Wildman–Crippen LogP) is 0.188. The van der Waals surface area contributed by atoms with E-state index in [1.807, 2.05) is 24.3 Å². The molecule has 0 radical (unpaired) electrons. The van der Waals surface area contributed by atoms with E-state index in [-0.39, 0.29) is 24.3 Å². The molecule has 1 fully saturated rings. The average Bonchev–Trinajstić information content (AvgIpc) is 3.29. The first-order valence-electron chi connectivity index (χ1n) is 8.45. The molecule has 0 saturated carbocycles. The molecule has 28 heavy (non-hydrogen) atoms. The number of halogens is 1. The Morgan fingerprint density at radius 2 is 2.00 bits per heavy atom. The van der Waals surface area contributed by atoms with Crippen molar-refractivity contribution in [1.82, 2.24) is 24.5 Å². The van der Waals surface area contributed by atoms with Crippen LogP contribution in [0.2, 0.25) is 0 Å². The molecule has 1 aliphatic heterocycles. The summed E-state index contributed by atoms with van der Waals surface area (Å²) in [5.74, 6) is 0. The van der Waals surface area contributed by atoms with E-state index in [1.165, 1.54) is 15.4 Å². The number of aliphatic hydroxyl groups excluding tert-OH is 2. The molecule has 1 aliphatic rings. The minimum absolute atomic E-state index is 0.113. The fourth-order valence-electron chi connectivity index (χ4n) is 3.04. The first kappa shape index (κ1) is 18.7. The van der Waals surface area contributed by atoms with Crippen molar-refractivity contribution >= 4 is 15.9 Å². The van der Waals surface area contributed by atoms with Gasteiger partial charge < -0.3 is 14.9 Å². The highest BCUT2D eigenvalue weighted by Crippen LogP contribution is 2.28. The Kier molecular flexibility index (Phi) is 4.98. The second kappa shape index (κ2) is 7.43. The molecule has 3 N–H and O–H groups in total. The van der Waals surface area contributed by atoms with Crippen LogP contribution in [0, 0.1) is 0 Å². The summed E-state index contributed by atoms with van der Waals surface area (Å²) in [5, 5.41) is 27.2. The minimum Gasteiger partial charge on any atom is -0.394 e. The molecule has 0 aliphatic carbocycles. The molecule has 0 unspecified atom stereocenters. The van der Waals surface area contributed by atoms with Crippen LogP contribution in [0.4, 0.5) is 0 Å². The third-order valence-corrected chi connectivity index (χ3v) is 5.05. The number of hydrogen-bond donors (Lipinski definition) is 3. The molecule has 3 heterocycles. The molecule has 4 rings (SSSR count). The molecule has 0 amide bonds. The van der Waals surface area contributed by atoms with E-state index in [1.54, 1.807) is 6.20 Å². The van der Waals surface area contributed by atoms with Gasteiger partial charge in [-0.2, -0.15) is 0 Å². The van der Waals surface area contributed by atoms with E-state index < -0.39 is 29.7 Å². The van der Waals surface area contributed by atoms with Crippen molar-refractivity contribution in [2.75, 3.05) is 6.61 Å². The van der Waals surface area contributed by atoms with Crippen LogP contribution in [0.5, 0.6) is 0 Å². The van der Waals surface area contributed by atoms with E-state index >= 15 is 0 Å². The van der Waals surface area contributed by atoms with E-state index in [4.69, 9.17) is 4.74 Å². The maximum absolute atomic E-state index is 12.3. The van der Waals surface area contributed by atoms with Crippen molar-refractivity contribution in [1.29, 1.82) is 0 Å². The molecule has 0 spiro atoms. The number of rotatable bonds is 4. The maximum Gasteiger partial charge on any atom is 0.330 e. The van der Waals surface area contributed by atoms with Gasteiger partial charge in [0.25, 0.3) is 5.56 Å². The third-order valence-electron chi connectivity index (χ3n) is 4.52. The van der Waals surface area contributed by atoms with Gasteiger partial charge in [-0.05, 0) is 24.3 Å². The summed E-state index contributed by atoms with van der Waals surface area (Å²) in [5.41, 5.74) is -0.130. The lowest BCUT2D eigenvalue weighted by atomic mass is 10.2. The van der Waals surface area contributed by atoms with Crippen LogP contribution in [-0.4, -0.2) is 53.6 Å². The maximum atomic E-state index is 12.3. The lowest BCUT2D eigenvalue weighted by Gasteiger charge is -2.14. The van der Waals surface area contributed by atoms with Gasteiger partial charge in [-0.15, -0.1) is 5.10 Å². The number of H-pyrrole nitrogens is 1. The number of aliphatic hydroxyl groups is 2. The Balaban J connectivity index is 1.70. The molecule has 146 valence electrons. The van der Waals surface area contributed by atoms with Crippen LogP contribution in [0.15, 0.2) is 50.7 Å². The van der Waals surface area contributed by atoms with Crippen LogP contribution in [0.25, 0.3) is 16.9 Å². The van der Waals surface area contributed by atoms with Crippen LogP contribution in [0.3, 0.4) is 0 Å². The molecular formula is C17H16BrN5O5. The summed E-state index contributed by atoms with van der Waals surface area (Å²) >= 11 is 3.36. The predicted molar refractivity (Wildman–Crippen MR) is 101 cm³/mol. The Bertz CT molecular complexity index is 1110. The summed E-state index contributed by atoms with van der Waals surface area (Å²) in [6.07, 6.45) is 0.512. The minimum atomic E-state index is -0.907. The first-order valence-corrected chi connectivity index (χ1v) is 9.24. The van der Waals surface area contributed by atoms with Crippen molar-refractivity contribution in [3.8, 4) is 16.9 Å². The van der Waals surface area contributed by atoms with E-state index in [9.17, 15) is 19.8 Å². The molecule has 1 aromatic carbocycles. The molecule has 10 nitrogen and oxygen atoms in total. The molecule has 2 aromatic heterocycles. The average molecular weight is 450 g/mol. The Labute approximate surface area is 166 Å². The highest BCUT2D eigenvalue weighted by atomic mass is 79.9. The van der Waals surface area contributed by atoms with E-state index in [0.29, 0.717) is 0 Å². The zero-order valence-corrected chi connectivity index (χ0v) is 16.0. The smallest absolute Gasteiger partial charge is 0.330 e. The van der Waals surface area contributed by atoms with Crippen molar-refractivity contribution in [3.05, 3.63) is 62.0 Å². The Morgan fingerprint density at radius 3 is 2.68 bits per heavy atom. The number of nitrogens with zero attached hydrogens (tertiary/aromatic N) is 4. The van der Waals surface area contributed by atoms with Crippen LogP contribution >= 0.6 is 15.9 Å². The normalized spacial score (nSPS) is 21.9. The van der Waals surface area contributed by atoms with Crippen LogP contribution in [0.1, 0.15) is 12.6 Å². The zero-order valence-electron chi connectivity index (χ0n) is 14.4. The molecule has 11 heteroatoms. The second-order valence-corrected chi connectivity index (χ2v) is 7.26. The van der Waals surface area contributed by atoms with E-state index in [0.717, 1.165) is 10.2 Å². The van der Waals surface area contributed by atoms with Crippen molar-refractivity contribution in [2.24, 2.45) is 0 Å². The van der Waals surface area contributed by atoms with Gasteiger partial charge in [0.15, 0.2) is 0 Å². The number of aromatic amines is 1. The molecule has 0 bridgehead atoms. The fourth-order valence-corrected chi connectivity index (χ4v) is 3.30. The van der Waals surface area contributed by atoms with Crippen molar-refractivity contribution in [2.45, 2.75) is 24.9 Å². The van der Waals surface area contributed by atoms with Gasteiger partial charge in [-0.3, -0.25) is 14.3 Å². The summed E-state index contributed by atoms with van der Waals surface area (Å²) in [7, 11) is 0. The SMILES string of the molecule is O=c1[nH]c(=O)n([C@H]2C[C@H](O)[C@@H](CO)O2)cc1-c1cn(-c2ccc(Br)cc2)nn1. The van der Waals surface area contributed by atoms with Gasteiger partial charge in [0.05, 0.1) is 30.2 Å². The lowest BCUT2D eigenvalue weighted by molar-refractivity contribution is -0.0458. The monoisotopic (exact) mass is 449 g/mol. The number of hydrogen-bond acceptors (Lipinski definition) is 7. The Hall–Kier alpha value is -2.60. The molecule has 1 saturated heterocycles. The first-order chi connectivity index (χ1) is 13.5. The third kappa shape index (κ3) is 3.44. The van der Waals surface area contributed by atoms with Gasteiger partial charge in [0.2, 0.25) is 0 Å². The zero-order chi connectivity index (χ0) is 19.8. The standard InChI is InChI=1S/C17H16BrN5O5/c18-9-1-3-10(4-2-9)23-7-12(20-21-23)11-6-22(17(27)19-16(11)26)15-5-13(25)14(8-24)28-15/h1-4,6-7,13-15,24-25H,5,8H2,(H,19,26,27)/t13-,14+,15+/m0/s1. The second-order valence-electron chi connectivity index (χ2n) is 6.35. The van der Waals surface area contributed by atoms with Crippen LogP contribution < -0.4 is 11.2 Å². The molecular weight excluding hydrogens is 434 g/mol. The molecule has 3 atom stereocenters. The number of aromatic nitrogens is 5. The largest absolute Gasteiger partial charge is 0.394 e. The summed E-state index contributed by atoms with van der Waals surface area (Å²) < 4.78 is 9.10. The fraction of sp³-hybridized carbons (Fsp3) is 0.294. The van der Waals surface area contributed by atoms with Gasteiger partial charge in [0.1, 0.15) is 18.0 Å². The quantitative estimate of drug-likeness (QED) is 0.517. The number of ether oxygens (including phenoxy) is 1. The highest BCUT2D eigenvalue weighted by molar-refractivity contribution is 9.10. The van der Waals surface area contributed by atoms with Gasteiger partial charge in [-0.1, -0.05) is 21.1 Å².